The Morgan fingerprint density at radius 1 is 1.05 bits per heavy atom. The summed E-state index contributed by atoms with van der Waals surface area (Å²) in [7, 11) is 0. The molecule has 1 aromatic rings. The van der Waals surface area contributed by atoms with Crippen LogP contribution in [-0.4, -0.2) is 53.6 Å². The smallest absolute Gasteiger partial charge is 0.304 e. The molecule has 1 heterocycles. The van der Waals surface area contributed by atoms with Crippen molar-refractivity contribution in [3.05, 3.63) is 34.4 Å². The highest BCUT2D eigenvalue weighted by atomic mass is 16.4. The number of carbonyl (C=O) groups is 1. The van der Waals surface area contributed by atoms with Crippen LogP contribution in [0.4, 0.5) is 0 Å². The molecule has 0 radical (unpaired) electrons. The number of carboxylic acid groups (broad SMARTS) is 1. The van der Waals surface area contributed by atoms with Gasteiger partial charge in [0.15, 0.2) is 0 Å². The molecule has 0 aromatic heterocycles. The monoisotopic (exact) mass is 290 g/mol. The van der Waals surface area contributed by atoms with Crippen molar-refractivity contribution in [1.82, 2.24) is 9.80 Å². The van der Waals surface area contributed by atoms with E-state index in [0.29, 0.717) is 6.54 Å². The number of aryl methyl sites for hydroxylation is 3. The van der Waals surface area contributed by atoms with E-state index >= 15 is 0 Å². The summed E-state index contributed by atoms with van der Waals surface area (Å²) in [6, 6.07) is 4.51. The van der Waals surface area contributed by atoms with E-state index in [1.165, 1.54) is 22.3 Å². The predicted octanol–water partition coefficient (Wildman–Crippen LogP) is 2.20. The molecular weight excluding hydrogens is 264 g/mol. The lowest BCUT2D eigenvalue weighted by atomic mass is 9.99. The van der Waals surface area contributed by atoms with Crippen molar-refractivity contribution in [3.8, 4) is 0 Å². The third kappa shape index (κ3) is 4.55. The van der Waals surface area contributed by atoms with Gasteiger partial charge in [0.05, 0.1) is 6.42 Å². The molecule has 116 valence electrons. The molecule has 1 fully saturated rings. The lowest BCUT2D eigenvalue weighted by Gasteiger charge is -2.35. The Kier molecular flexibility index (Phi) is 5.37. The van der Waals surface area contributed by atoms with Crippen LogP contribution >= 0.6 is 0 Å². The lowest BCUT2D eigenvalue weighted by Crippen LogP contribution is -2.46. The number of nitrogens with zero attached hydrogens (tertiary/aromatic N) is 2. The molecule has 1 aliphatic rings. The van der Waals surface area contributed by atoms with Crippen LogP contribution in [0.3, 0.4) is 0 Å². The second kappa shape index (κ2) is 7.05. The maximum Gasteiger partial charge on any atom is 0.304 e. The first-order chi connectivity index (χ1) is 9.95. The molecule has 21 heavy (non-hydrogen) atoms. The molecule has 0 atom stereocenters. The van der Waals surface area contributed by atoms with E-state index in [9.17, 15) is 4.79 Å². The number of piperazine rings is 1. The van der Waals surface area contributed by atoms with Gasteiger partial charge < -0.3 is 10.0 Å². The summed E-state index contributed by atoms with van der Waals surface area (Å²) < 4.78 is 0. The van der Waals surface area contributed by atoms with Crippen molar-refractivity contribution in [1.29, 1.82) is 0 Å². The third-order valence-electron chi connectivity index (χ3n) is 4.33. The van der Waals surface area contributed by atoms with Gasteiger partial charge in [-0.15, -0.1) is 0 Å². The van der Waals surface area contributed by atoms with Crippen molar-refractivity contribution in [2.75, 3.05) is 32.7 Å². The van der Waals surface area contributed by atoms with Gasteiger partial charge in [0, 0.05) is 39.3 Å². The van der Waals surface area contributed by atoms with Gasteiger partial charge in [-0.1, -0.05) is 17.7 Å². The molecule has 1 saturated heterocycles. The second-order valence-corrected chi connectivity index (χ2v) is 6.14. The molecule has 0 aliphatic carbocycles. The highest BCUT2D eigenvalue weighted by molar-refractivity contribution is 5.66. The maximum atomic E-state index is 10.6. The third-order valence-corrected chi connectivity index (χ3v) is 4.33. The van der Waals surface area contributed by atoms with Gasteiger partial charge in [-0.05, 0) is 37.5 Å². The van der Waals surface area contributed by atoms with Gasteiger partial charge in [0.25, 0.3) is 0 Å². The molecule has 2 rings (SSSR count). The first-order valence-corrected chi connectivity index (χ1v) is 7.69. The van der Waals surface area contributed by atoms with E-state index in [1.807, 2.05) is 0 Å². The second-order valence-electron chi connectivity index (χ2n) is 6.14. The number of hydrogen-bond acceptors (Lipinski definition) is 3. The summed E-state index contributed by atoms with van der Waals surface area (Å²) in [4.78, 5) is 15.3. The molecule has 4 heteroatoms. The van der Waals surface area contributed by atoms with Crippen LogP contribution < -0.4 is 0 Å². The summed E-state index contributed by atoms with van der Waals surface area (Å²) in [6.07, 6.45) is 0.246. The van der Waals surface area contributed by atoms with Crippen LogP contribution in [0.25, 0.3) is 0 Å². The van der Waals surface area contributed by atoms with Crippen molar-refractivity contribution < 1.29 is 9.90 Å². The minimum Gasteiger partial charge on any atom is -0.481 e. The van der Waals surface area contributed by atoms with Crippen molar-refractivity contribution >= 4 is 5.97 Å². The molecule has 4 nitrogen and oxygen atoms in total. The molecule has 1 aromatic carbocycles. The van der Waals surface area contributed by atoms with Gasteiger partial charge in [-0.25, -0.2) is 0 Å². The first-order valence-electron chi connectivity index (χ1n) is 7.69. The van der Waals surface area contributed by atoms with Crippen molar-refractivity contribution in [2.45, 2.75) is 33.7 Å². The molecule has 0 unspecified atom stereocenters. The number of rotatable bonds is 5. The van der Waals surface area contributed by atoms with E-state index in [-0.39, 0.29) is 6.42 Å². The first kappa shape index (κ1) is 16.0. The predicted molar refractivity (Wildman–Crippen MR) is 84.6 cm³/mol. The molecule has 1 aliphatic heterocycles. The lowest BCUT2D eigenvalue weighted by molar-refractivity contribution is -0.137. The Bertz CT molecular complexity index is 483. The summed E-state index contributed by atoms with van der Waals surface area (Å²) in [6.45, 7) is 12.2. The molecule has 0 saturated carbocycles. The van der Waals surface area contributed by atoms with Gasteiger partial charge in [-0.2, -0.15) is 0 Å². The Morgan fingerprint density at radius 3 is 2.10 bits per heavy atom. The summed E-state index contributed by atoms with van der Waals surface area (Å²) in [5, 5.41) is 8.74. The molecule has 0 amide bonds. The molecular formula is C17H26N2O2. The fourth-order valence-corrected chi connectivity index (χ4v) is 3.11. The van der Waals surface area contributed by atoms with E-state index in [2.05, 4.69) is 42.7 Å². The zero-order valence-electron chi connectivity index (χ0n) is 13.4. The molecule has 1 N–H and O–H groups in total. The van der Waals surface area contributed by atoms with Crippen LogP contribution in [0.1, 0.15) is 28.7 Å². The average Bonchev–Trinajstić information content (AvgIpc) is 2.41. The summed E-state index contributed by atoms with van der Waals surface area (Å²) in [5.74, 6) is -0.705. The standard InChI is InChI=1S/C17H26N2O2/c1-13-10-14(2)16(15(3)11-13)12-19-8-6-18(7-9-19)5-4-17(20)21/h10-11H,4-9,12H2,1-3H3,(H,20,21). The van der Waals surface area contributed by atoms with Crippen LogP contribution in [-0.2, 0) is 11.3 Å². The van der Waals surface area contributed by atoms with Crippen LogP contribution in [0.2, 0.25) is 0 Å². The Balaban J connectivity index is 1.88. The van der Waals surface area contributed by atoms with E-state index in [4.69, 9.17) is 5.11 Å². The number of hydrogen-bond donors (Lipinski definition) is 1. The Morgan fingerprint density at radius 2 is 1.57 bits per heavy atom. The fourth-order valence-electron chi connectivity index (χ4n) is 3.11. The topological polar surface area (TPSA) is 43.8 Å². The van der Waals surface area contributed by atoms with Crippen molar-refractivity contribution in [2.24, 2.45) is 0 Å². The minimum atomic E-state index is -0.705. The molecule has 0 spiro atoms. The van der Waals surface area contributed by atoms with Gasteiger partial charge in [0.2, 0.25) is 0 Å². The SMILES string of the molecule is Cc1cc(C)c(CN2CCN(CCC(=O)O)CC2)c(C)c1. The maximum absolute atomic E-state index is 10.6. The quantitative estimate of drug-likeness (QED) is 0.903. The number of benzene rings is 1. The number of aliphatic carboxylic acids is 1. The number of carboxylic acids is 1. The highest BCUT2D eigenvalue weighted by Gasteiger charge is 2.18. The van der Waals surface area contributed by atoms with Gasteiger partial charge >= 0.3 is 5.97 Å². The zero-order valence-corrected chi connectivity index (χ0v) is 13.4. The summed E-state index contributed by atoms with van der Waals surface area (Å²) >= 11 is 0. The fraction of sp³-hybridized carbons (Fsp3) is 0.588. The van der Waals surface area contributed by atoms with Gasteiger partial charge in [0.1, 0.15) is 0 Å². The van der Waals surface area contributed by atoms with E-state index in [0.717, 1.165) is 32.7 Å². The average molecular weight is 290 g/mol. The van der Waals surface area contributed by atoms with E-state index < -0.39 is 5.97 Å². The Hall–Kier alpha value is -1.39. The zero-order chi connectivity index (χ0) is 15.4. The summed E-state index contributed by atoms with van der Waals surface area (Å²) in [5.41, 5.74) is 5.52. The largest absolute Gasteiger partial charge is 0.481 e. The normalized spacial score (nSPS) is 17.1. The Labute approximate surface area is 127 Å². The highest BCUT2D eigenvalue weighted by Crippen LogP contribution is 2.19. The van der Waals surface area contributed by atoms with Gasteiger partial charge in [-0.3, -0.25) is 9.69 Å². The molecule has 0 bridgehead atoms. The van der Waals surface area contributed by atoms with Crippen LogP contribution in [0.5, 0.6) is 0 Å². The van der Waals surface area contributed by atoms with Crippen LogP contribution in [0, 0.1) is 20.8 Å². The van der Waals surface area contributed by atoms with Crippen molar-refractivity contribution in [3.63, 3.8) is 0 Å². The van der Waals surface area contributed by atoms with E-state index in [1.54, 1.807) is 0 Å². The minimum absolute atomic E-state index is 0.246. The van der Waals surface area contributed by atoms with Crippen LogP contribution in [0.15, 0.2) is 12.1 Å².